The molecule has 1 unspecified atom stereocenters. The highest BCUT2D eigenvalue weighted by Gasteiger charge is 2.16. The second-order valence-electron chi connectivity index (χ2n) is 5.19. The van der Waals surface area contributed by atoms with Crippen molar-refractivity contribution in [3.05, 3.63) is 28.2 Å². The molecule has 0 aliphatic carbocycles. The van der Waals surface area contributed by atoms with Crippen LogP contribution < -0.4 is 5.32 Å². The van der Waals surface area contributed by atoms with E-state index < -0.39 is 0 Å². The molecule has 1 aromatic rings. The third-order valence-corrected chi connectivity index (χ3v) is 4.44. The number of anilines is 1. The van der Waals surface area contributed by atoms with Gasteiger partial charge in [-0.1, -0.05) is 13.0 Å². The summed E-state index contributed by atoms with van der Waals surface area (Å²) in [7, 11) is 0. The first-order valence-corrected chi connectivity index (χ1v) is 7.73. The fraction of sp³-hybridized carbons (Fsp3) is 0.600. The Balaban J connectivity index is 1.98. The van der Waals surface area contributed by atoms with Crippen LogP contribution in [0.3, 0.4) is 0 Å². The Hall–Kier alpha value is -0.540. The first-order valence-electron chi connectivity index (χ1n) is 6.94. The second-order valence-corrected chi connectivity index (χ2v) is 6.04. The molecule has 1 aromatic carbocycles. The lowest BCUT2D eigenvalue weighted by molar-refractivity contribution is 0.300. The standard InChI is InChI=1S/C15H23BrN2/c1-3-18-9-4-5-13(8-10-18)17-15-11-12(2)6-7-14(15)16/h6-7,11,13,17H,3-5,8-10H2,1-2H3. The number of likely N-dealkylation sites (tertiary alicyclic amines) is 1. The number of aryl methyl sites for hydroxylation is 1. The summed E-state index contributed by atoms with van der Waals surface area (Å²) in [6, 6.07) is 7.11. The molecule has 0 spiro atoms. The van der Waals surface area contributed by atoms with Gasteiger partial charge in [0.15, 0.2) is 0 Å². The Kier molecular flexibility index (Phi) is 5.07. The molecule has 0 bridgehead atoms. The SMILES string of the molecule is CCN1CCCC(Nc2cc(C)ccc2Br)CC1. The summed E-state index contributed by atoms with van der Waals surface area (Å²) in [6.45, 7) is 8.05. The fourth-order valence-electron chi connectivity index (χ4n) is 2.59. The second kappa shape index (κ2) is 6.58. The van der Waals surface area contributed by atoms with Gasteiger partial charge in [0.25, 0.3) is 0 Å². The summed E-state index contributed by atoms with van der Waals surface area (Å²) < 4.78 is 1.17. The summed E-state index contributed by atoms with van der Waals surface area (Å²) in [5.74, 6) is 0. The van der Waals surface area contributed by atoms with Crippen molar-refractivity contribution in [1.82, 2.24) is 4.90 Å². The number of rotatable bonds is 3. The van der Waals surface area contributed by atoms with E-state index in [0.717, 1.165) is 0 Å². The molecule has 18 heavy (non-hydrogen) atoms. The zero-order valence-corrected chi connectivity index (χ0v) is 13.0. The first kappa shape index (κ1) is 13.9. The molecule has 2 nitrogen and oxygen atoms in total. The van der Waals surface area contributed by atoms with Gasteiger partial charge in [0.2, 0.25) is 0 Å². The molecule has 1 N–H and O–H groups in total. The van der Waals surface area contributed by atoms with Crippen molar-refractivity contribution in [2.24, 2.45) is 0 Å². The highest BCUT2D eigenvalue weighted by atomic mass is 79.9. The fourth-order valence-corrected chi connectivity index (χ4v) is 2.95. The van der Waals surface area contributed by atoms with Crippen molar-refractivity contribution in [3.63, 3.8) is 0 Å². The molecule has 3 heteroatoms. The molecule has 1 aliphatic heterocycles. The molecular weight excluding hydrogens is 288 g/mol. The van der Waals surface area contributed by atoms with E-state index in [9.17, 15) is 0 Å². The van der Waals surface area contributed by atoms with Crippen molar-refractivity contribution in [2.75, 3.05) is 25.0 Å². The number of halogens is 1. The van der Waals surface area contributed by atoms with Crippen molar-refractivity contribution < 1.29 is 0 Å². The van der Waals surface area contributed by atoms with Crippen LogP contribution in [0.5, 0.6) is 0 Å². The van der Waals surface area contributed by atoms with E-state index >= 15 is 0 Å². The lowest BCUT2D eigenvalue weighted by atomic mass is 10.1. The van der Waals surface area contributed by atoms with Crippen LogP contribution in [0.4, 0.5) is 5.69 Å². The Morgan fingerprint density at radius 1 is 1.33 bits per heavy atom. The molecule has 1 saturated heterocycles. The van der Waals surface area contributed by atoms with Gasteiger partial charge in [-0.25, -0.2) is 0 Å². The summed E-state index contributed by atoms with van der Waals surface area (Å²) in [5, 5.41) is 3.70. The van der Waals surface area contributed by atoms with Gasteiger partial charge >= 0.3 is 0 Å². The smallest absolute Gasteiger partial charge is 0.0489 e. The van der Waals surface area contributed by atoms with Crippen LogP contribution in [0.2, 0.25) is 0 Å². The van der Waals surface area contributed by atoms with E-state index in [4.69, 9.17) is 0 Å². The van der Waals surface area contributed by atoms with Gasteiger partial charge < -0.3 is 10.2 Å². The molecule has 0 saturated carbocycles. The van der Waals surface area contributed by atoms with Crippen LogP contribution in [0.1, 0.15) is 31.7 Å². The molecular formula is C15H23BrN2. The van der Waals surface area contributed by atoms with Gasteiger partial charge in [0.1, 0.15) is 0 Å². The maximum atomic E-state index is 3.70. The zero-order valence-electron chi connectivity index (χ0n) is 11.4. The maximum Gasteiger partial charge on any atom is 0.0489 e. The Bertz CT molecular complexity index is 392. The van der Waals surface area contributed by atoms with Gasteiger partial charge in [-0.3, -0.25) is 0 Å². The highest BCUT2D eigenvalue weighted by Crippen LogP contribution is 2.26. The third kappa shape index (κ3) is 3.72. The molecule has 100 valence electrons. The minimum atomic E-state index is 0.611. The lowest BCUT2D eigenvalue weighted by Gasteiger charge is -2.20. The van der Waals surface area contributed by atoms with Crippen LogP contribution >= 0.6 is 15.9 Å². The molecule has 0 amide bonds. The summed E-state index contributed by atoms with van der Waals surface area (Å²) in [5.41, 5.74) is 2.55. The highest BCUT2D eigenvalue weighted by molar-refractivity contribution is 9.10. The summed E-state index contributed by atoms with van der Waals surface area (Å²) >= 11 is 3.63. The summed E-state index contributed by atoms with van der Waals surface area (Å²) in [4.78, 5) is 2.55. The predicted octanol–water partition coefficient (Wildman–Crippen LogP) is 4.04. The zero-order chi connectivity index (χ0) is 13.0. The van der Waals surface area contributed by atoms with Gasteiger partial charge in [-0.2, -0.15) is 0 Å². The number of hydrogen-bond acceptors (Lipinski definition) is 2. The molecule has 1 fully saturated rings. The Morgan fingerprint density at radius 2 is 2.17 bits per heavy atom. The van der Waals surface area contributed by atoms with Crippen molar-refractivity contribution >= 4 is 21.6 Å². The van der Waals surface area contributed by atoms with E-state index in [2.05, 4.69) is 58.2 Å². The number of hydrogen-bond donors (Lipinski definition) is 1. The van der Waals surface area contributed by atoms with Gasteiger partial charge in [-0.15, -0.1) is 0 Å². The van der Waals surface area contributed by atoms with Crippen molar-refractivity contribution in [1.29, 1.82) is 0 Å². The van der Waals surface area contributed by atoms with Gasteiger partial charge in [-0.05, 0) is 72.9 Å². The van der Waals surface area contributed by atoms with E-state index in [1.807, 2.05) is 0 Å². The molecule has 2 rings (SSSR count). The van der Waals surface area contributed by atoms with E-state index in [0.29, 0.717) is 6.04 Å². The number of nitrogens with one attached hydrogen (secondary N) is 1. The molecule has 1 heterocycles. The quantitative estimate of drug-likeness (QED) is 0.906. The largest absolute Gasteiger partial charge is 0.381 e. The average Bonchev–Trinajstić information content (AvgIpc) is 2.59. The first-order chi connectivity index (χ1) is 8.69. The monoisotopic (exact) mass is 310 g/mol. The normalized spacial score (nSPS) is 21.6. The Labute approximate surface area is 119 Å². The van der Waals surface area contributed by atoms with Crippen LogP contribution in [0.25, 0.3) is 0 Å². The Morgan fingerprint density at radius 3 is 2.94 bits per heavy atom. The minimum Gasteiger partial charge on any atom is -0.381 e. The van der Waals surface area contributed by atoms with Gasteiger partial charge in [0.05, 0.1) is 0 Å². The average molecular weight is 311 g/mol. The number of benzene rings is 1. The topological polar surface area (TPSA) is 15.3 Å². The van der Waals surface area contributed by atoms with Crippen LogP contribution in [-0.2, 0) is 0 Å². The van der Waals surface area contributed by atoms with E-state index in [1.54, 1.807) is 0 Å². The van der Waals surface area contributed by atoms with Crippen LogP contribution in [0.15, 0.2) is 22.7 Å². The number of nitrogens with zero attached hydrogens (tertiary/aromatic N) is 1. The molecule has 1 aliphatic rings. The van der Waals surface area contributed by atoms with Crippen molar-refractivity contribution in [2.45, 2.75) is 39.2 Å². The lowest BCUT2D eigenvalue weighted by Crippen LogP contribution is -2.26. The third-order valence-electron chi connectivity index (χ3n) is 3.75. The maximum absolute atomic E-state index is 3.70. The van der Waals surface area contributed by atoms with Crippen LogP contribution in [-0.4, -0.2) is 30.6 Å². The summed E-state index contributed by atoms with van der Waals surface area (Å²) in [6.07, 6.45) is 3.82. The van der Waals surface area contributed by atoms with E-state index in [1.165, 1.54) is 54.6 Å². The molecule has 0 aromatic heterocycles. The van der Waals surface area contributed by atoms with Crippen molar-refractivity contribution in [3.8, 4) is 0 Å². The van der Waals surface area contributed by atoms with Crippen LogP contribution in [0, 0.1) is 6.92 Å². The van der Waals surface area contributed by atoms with E-state index in [-0.39, 0.29) is 0 Å². The molecule has 1 atom stereocenters. The van der Waals surface area contributed by atoms with Gasteiger partial charge in [0, 0.05) is 22.7 Å². The minimum absolute atomic E-state index is 0.611. The predicted molar refractivity (Wildman–Crippen MR) is 82.3 cm³/mol. The molecule has 0 radical (unpaired) electrons.